The Balaban J connectivity index is 1.41. The Labute approximate surface area is 204 Å². The summed E-state index contributed by atoms with van der Waals surface area (Å²) in [5, 5.41) is 12.1. The number of piperidine rings is 1. The van der Waals surface area contributed by atoms with E-state index >= 15 is 0 Å². The predicted octanol–water partition coefficient (Wildman–Crippen LogP) is 5.76. The van der Waals surface area contributed by atoms with Crippen molar-refractivity contribution in [2.45, 2.75) is 82.1 Å². The third-order valence-corrected chi connectivity index (χ3v) is 9.44. The first-order valence-corrected chi connectivity index (χ1v) is 13.3. The van der Waals surface area contributed by atoms with Crippen LogP contribution in [0.5, 0.6) is 0 Å². The van der Waals surface area contributed by atoms with Gasteiger partial charge in [-0.3, -0.25) is 0 Å². The van der Waals surface area contributed by atoms with Gasteiger partial charge in [-0.1, -0.05) is 86.3 Å². The molecule has 0 spiro atoms. The van der Waals surface area contributed by atoms with Gasteiger partial charge in [0, 0.05) is 17.9 Å². The highest BCUT2D eigenvalue weighted by molar-refractivity contribution is 5.82. The third-order valence-electron chi connectivity index (χ3n) is 9.44. The molecule has 5 rings (SSSR count). The minimum Gasteiger partial charge on any atom is -0.453 e. The summed E-state index contributed by atoms with van der Waals surface area (Å²) in [5.41, 5.74) is 0.455. The van der Waals surface area contributed by atoms with Crippen molar-refractivity contribution in [2.75, 3.05) is 13.6 Å². The van der Waals surface area contributed by atoms with E-state index in [1.807, 2.05) is 30.3 Å². The number of aliphatic hydroxyl groups is 1. The van der Waals surface area contributed by atoms with E-state index in [2.05, 4.69) is 44.3 Å². The summed E-state index contributed by atoms with van der Waals surface area (Å²) in [7, 11) is 2.33. The van der Waals surface area contributed by atoms with Crippen LogP contribution in [0.3, 0.4) is 0 Å². The molecule has 3 aliphatic rings. The van der Waals surface area contributed by atoms with Crippen LogP contribution in [-0.2, 0) is 15.1 Å². The number of nitrogens with zero attached hydrogens (tertiary/aromatic N) is 1. The molecule has 6 atom stereocenters. The second-order valence-corrected chi connectivity index (χ2v) is 11.2. The average Bonchev–Trinajstić information content (AvgIpc) is 3.22. The van der Waals surface area contributed by atoms with Gasteiger partial charge < -0.3 is 14.3 Å². The molecule has 3 unspecified atom stereocenters. The molecule has 4 heteroatoms. The first-order chi connectivity index (χ1) is 16.4. The molecule has 34 heavy (non-hydrogen) atoms. The Morgan fingerprint density at radius 1 is 0.941 bits per heavy atom. The normalized spacial score (nSPS) is 32.0. The molecular formula is C30H40NO3+. The maximum atomic E-state index is 13.9. The van der Waals surface area contributed by atoms with E-state index in [1.165, 1.54) is 18.4 Å². The maximum Gasteiger partial charge on any atom is 0.343 e. The van der Waals surface area contributed by atoms with Gasteiger partial charge in [-0.2, -0.15) is 0 Å². The van der Waals surface area contributed by atoms with Crippen LogP contribution >= 0.6 is 0 Å². The Kier molecular flexibility index (Phi) is 6.56. The lowest BCUT2D eigenvalue weighted by molar-refractivity contribution is -0.954. The van der Waals surface area contributed by atoms with Gasteiger partial charge in [0.25, 0.3) is 0 Å². The zero-order valence-corrected chi connectivity index (χ0v) is 20.7. The summed E-state index contributed by atoms with van der Waals surface area (Å²) in [4.78, 5) is 13.9. The topological polar surface area (TPSA) is 46.5 Å². The van der Waals surface area contributed by atoms with Gasteiger partial charge in [0.1, 0.15) is 12.1 Å². The van der Waals surface area contributed by atoms with Crippen LogP contribution in [0.25, 0.3) is 0 Å². The molecule has 0 amide bonds. The van der Waals surface area contributed by atoms with Crippen LogP contribution in [0.15, 0.2) is 60.7 Å². The molecule has 2 bridgehead atoms. The van der Waals surface area contributed by atoms with E-state index in [-0.39, 0.29) is 18.1 Å². The molecular weight excluding hydrogens is 422 g/mol. The minimum atomic E-state index is -1.57. The molecule has 0 radical (unpaired) electrons. The zero-order chi connectivity index (χ0) is 23.8. The zero-order valence-electron chi connectivity index (χ0n) is 20.7. The number of carbonyl (C=O) groups is 1. The lowest BCUT2D eigenvalue weighted by atomic mass is 9.77. The van der Waals surface area contributed by atoms with Gasteiger partial charge >= 0.3 is 5.97 Å². The lowest BCUT2D eigenvalue weighted by Crippen LogP contribution is -2.53. The molecule has 2 aromatic rings. The van der Waals surface area contributed by atoms with Crippen molar-refractivity contribution in [3.8, 4) is 0 Å². The van der Waals surface area contributed by atoms with Crippen molar-refractivity contribution >= 4 is 5.97 Å². The molecule has 182 valence electrons. The minimum absolute atomic E-state index is 0.0897. The van der Waals surface area contributed by atoms with E-state index in [1.54, 1.807) is 0 Å². The van der Waals surface area contributed by atoms with Gasteiger partial charge in [0.2, 0.25) is 0 Å². The van der Waals surface area contributed by atoms with Gasteiger partial charge in [0.05, 0.1) is 19.5 Å². The molecule has 0 aromatic heterocycles. The summed E-state index contributed by atoms with van der Waals surface area (Å²) >= 11 is 0. The van der Waals surface area contributed by atoms with Gasteiger partial charge in [-0.25, -0.2) is 4.79 Å². The smallest absolute Gasteiger partial charge is 0.343 e. The number of benzene rings is 2. The van der Waals surface area contributed by atoms with Crippen LogP contribution in [-0.4, -0.2) is 41.3 Å². The van der Waals surface area contributed by atoms with Crippen molar-refractivity contribution in [1.29, 1.82) is 0 Å². The molecule has 2 saturated carbocycles. The summed E-state index contributed by atoms with van der Waals surface area (Å²) in [6, 6.07) is 20.9. The van der Waals surface area contributed by atoms with Crippen LogP contribution in [0, 0.1) is 11.8 Å². The van der Waals surface area contributed by atoms with Crippen LogP contribution in [0.1, 0.15) is 75.5 Å². The Morgan fingerprint density at radius 3 is 2.21 bits per heavy atom. The number of ether oxygens (including phenoxy) is 1. The van der Waals surface area contributed by atoms with Crippen molar-refractivity contribution in [2.24, 2.45) is 11.8 Å². The van der Waals surface area contributed by atoms with Crippen molar-refractivity contribution in [1.82, 2.24) is 0 Å². The number of carbonyl (C=O) groups excluding carboxylic acids is 1. The highest BCUT2D eigenvalue weighted by Crippen LogP contribution is 2.50. The summed E-state index contributed by atoms with van der Waals surface area (Å²) in [6.45, 7) is 3.33. The number of rotatable bonds is 6. The van der Waals surface area contributed by atoms with E-state index < -0.39 is 11.6 Å². The largest absolute Gasteiger partial charge is 0.453 e. The number of esters is 1. The van der Waals surface area contributed by atoms with Crippen LogP contribution in [0.2, 0.25) is 0 Å². The predicted molar refractivity (Wildman–Crippen MR) is 134 cm³/mol. The Hall–Kier alpha value is -2.17. The van der Waals surface area contributed by atoms with Crippen molar-refractivity contribution in [3.63, 3.8) is 0 Å². The SMILES string of the molecule is C[C@@H](c1ccccc1)[N+]1(C)C[C@H]2CC[C@@H]1C2OC(=O)C(O)(c1ccccc1)C1CCCCCC1. The first kappa shape index (κ1) is 23.6. The van der Waals surface area contributed by atoms with E-state index in [9.17, 15) is 9.90 Å². The molecule has 1 heterocycles. The summed E-state index contributed by atoms with van der Waals surface area (Å²) in [6.07, 6.45) is 8.27. The number of hydrogen-bond donors (Lipinski definition) is 1. The van der Waals surface area contributed by atoms with Crippen LogP contribution < -0.4 is 0 Å². The fraction of sp³-hybridized carbons (Fsp3) is 0.567. The van der Waals surface area contributed by atoms with Gasteiger partial charge in [-0.05, 0) is 31.7 Å². The van der Waals surface area contributed by atoms with E-state index in [0.717, 1.165) is 49.6 Å². The number of quaternary nitrogens is 1. The summed E-state index contributed by atoms with van der Waals surface area (Å²) in [5.74, 6) is -0.152. The molecule has 2 aromatic carbocycles. The average molecular weight is 463 g/mol. The molecule has 4 nitrogen and oxygen atoms in total. The van der Waals surface area contributed by atoms with Gasteiger partial charge in [-0.15, -0.1) is 0 Å². The first-order valence-electron chi connectivity index (χ1n) is 13.3. The molecule has 2 aliphatic carbocycles. The van der Waals surface area contributed by atoms with Crippen LogP contribution in [0.4, 0.5) is 0 Å². The lowest BCUT2D eigenvalue weighted by Gasteiger charge is -2.43. The fourth-order valence-corrected chi connectivity index (χ4v) is 7.31. The maximum absolute atomic E-state index is 13.9. The van der Waals surface area contributed by atoms with Crippen molar-refractivity contribution in [3.05, 3.63) is 71.8 Å². The highest BCUT2D eigenvalue weighted by Gasteiger charge is 2.61. The standard InChI is InChI=1S/C30H40NO3/c1-22(23-13-7-5-8-14-23)31(2)21-24-19-20-27(31)28(24)34-29(32)30(33,26-17-11-6-12-18-26)25-15-9-3-4-10-16-25/h5-8,11-14,17-18,22,24-25,27-28,33H,3-4,9-10,15-16,19-21H2,1-2H3/q+1/t22-,24+,27+,28?,30?,31?/m0/s1. The number of likely N-dealkylation sites (N-methyl/N-ethyl adjacent to an activating group) is 1. The van der Waals surface area contributed by atoms with Gasteiger partial charge in [0.15, 0.2) is 11.7 Å². The monoisotopic (exact) mass is 462 g/mol. The second-order valence-electron chi connectivity index (χ2n) is 11.2. The molecule has 1 aliphatic heterocycles. The Morgan fingerprint density at radius 2 is 1.56 bits per heavy atom. The summed E-state index contributed by atoms with van der Waals surface area (Å²) < 4.78 is 7.29. The highest BCUT2D eigenvalue weighted by atomic mass is 16.6. The third kappa shape index (κ3) is 3.99. The fourth-order valence-electron chi connectivity index (χ4n) is 7.31. The quantitative estimate of drug-likeness (QED) is 0.337. The molecule has 1 N–H and O–H groups in total. The number of likely N-dealkylation sites (tertiary alicyclic amines) is 1. The number of hydrogen-bond acceptors (Lipinski definition) is 3. The molecule has 3 fully saturated rings. The number of fused-ring (bicyclic) bond motifs is 2. The second kappa shape index (κ2) is 9.47. The van der Waals surface area contributed by atoms with E-state index in [0.29, 0.717) is 17.5 Å². The molecule has 1 saturated heterocycles. The Bertz CT molecular complexity index is 971. The van der Waals surface area contributed by atoms with E-state index in [4.69, 9.17) is 4.74 Å². The van der Waals surface area contributed by atoms with Crippen molar-refractivity contribution < 1.29 is 19.1 Å².